The fourth-order valence-electron chi connectivity index (χ4n) is 10.4. The fourth-order valence-corrected chi connectivity index (χ4v) is 10.4. The first-order valence-electron chi connectivity index (χ1n) is 23.6. The number of ketones is 3. The zero-order valence-electron chi connectivity index (χ0n) is 39.3. The maximum absolute atomic E-state index is 14.0. The number of aryl methyl sites for hydroxylation is 1. The molecule has 0 bridgehead atoms. The Morgan fingerprint density at radius 1 is 0.887 bits per heavy atom. The molecule has 0 spiro atoms. The summed E-state index contributed by atoms with van der Waals surface area (Å²) in [7, 11) is 0. The Balaban J connectivity index is 0.904. The van der Waals surface area contributed by atoms with Crippen LogP contribution >= 0.6 is 0 Å². The number of phenolic OH excluding ortho intramolecular Hbond substituents is 2. The van der Waals surface area contributed by atoms with E-state index in [1.54, 1.807) is 31.2 Å². The molecule has 8 rings (SSSR count). The van der Waals surface area contributed by atoms with E-state index in [4.69, 9.17) is 14.2 Å². The van der Waals surface area contributed by atoms with Crippen molar-refractivity contribution >= 4 is 47.1 Å². The first-order valence-corrected chi connectivity index (χ1v) is 23.6. The summed E-state index contributed by atoms with van der Waals surface area (Å²) < 4.78 is 17.7. The lowest BCUT2D eigenvalue weighted by Crippen LogP contribution is -2.59. The van der Waals surface area contributed by atoms with Crippen molar-refractivity contribution in [2.45, 2.75) is 127 Å². The van der Waals surface area contributed by atoms with Crippen molar-refractivity contribution in [3.05, 3.63) is 93.0 Å². The van der Waals surface area contributed by atoms with Crippen LogP contribution in [0.3, 0.4) is 0 Å². The fraction of sp³-hybridized carbons (Fsp3) is 0.480. The van der Waals surface area contributed by atoms with E-state index in [0.717, 1.165) is 5.56 Å². The number of hydrogen-bond donors (Lipinski definition) is 8. The van der Waals surface area contributed by atoms with Gasteiger partial charge < -0.3 is 60.6 Å². The summed E-state index contributed by atoms with van der Waals surface area (Å²) in [6, 6.07) is 9.59. The Hall–Kier alpha value is -6.78. The molecule has 8 N–H and O–H groups in total. The SMILES string of the molecule is Cc1cccc2c1C(=O)c1c(O)c3c(c(O)c1C2=O)C[C@@](O)(C(=O)CO)C[C@@H]3OC1CC(NC(=O)[C@@H]2CCCN2C(=O)CNC(=O)[C@H](C)NC(=O)[C@@H]2CCCN2C(=O)OCc2ccccc2)C(O)C(C)O1. The molecule has 3 aliphatic heterocycles. The van der Waals surface area contributed by atoms with Crippen molar-refractivity contribution in [2.75, 3.05) is 26.2 Å². The van der Waals surface area contributed by atoms with Gasteiger partial charge in [-0.3, -0.25) is 38.5 Å². The number of likely N-dealkylation sites (tertiary alicyclic amines) is 2. The van der Waals surface area contributed by atoms with Crippen molar-refractivity contribution in [3.8, 4) is 11.5 Å². The summed E-state index contributed by atoms with van der Waals surface area (Å²) in [6.45, 7) is 3.40. The Bertz CT molecular complexity index is 2660. The number of carbonyl (C=O) groups is 8. The largest absolute Gasteiger partial charge is 0.507 e. The summed E-state index contributed by atoms with van der Waals surface area (Å²) in [5, 5.41) is 64.2. The van der Waals surface area contributed by atoms with Gasteiger partial charge in [0.2, 0.25) is 23.6 Å². The molecule has 3 saturated heterocycles. The highest BCUT2D eigenvalue weighted by molar-refractivity contribution is 6.31. The van der Waals surface area contributed by atoms with Gasteiger partial charge in [-0.05, 0) is 57.6 Å². The predicted molar refractivity (Wildman–Crippen MR) is 246 cm³/mol. The smallest absolute Gasteiger partial charge is 0.410 e. The first kappa shape index (κ1) is 50.6. The van der Waals surface area contributed by atoms with E-state index in [1.165, 1.54) is 29.7 Å². The number of amides is 5. The molecule has 5 amide bonds. The highest BCUT2D eigenvalue weighted by Gasteiger charge is 2.51. The molecule has 3 fully saturated rings. The molecule has 0 aromatic heterocycles. The Morgan fingerprint density at radius 3 is 2.27 bits per heavy atom. The number of carbonyl (C=O) groups excluding carboxylic acids is 8. The number of aliphatic hydroxyl groups is 3. The van der Waals surface area contributed by atoms with Crippen molar-refractivity contribution in [1.29, 1.82) is 0 Å². The number of hydrogen-bond acceptors (Lipinski definition) is 16. The standard InChI is InChI=1S/C50H57N5O16/c1-24-10-7-13-28-37(24)44(62)40-39(42(28)60)43(61)29-19-50(68,34(57)22-56)20-33(38(29)45(40)63)71-36-18-30(41(59)26(3)70-36)53-48(66)31-14-8-16-54(31)35(58)21-51-46(64)25(2)52-47(65)32-15-9-17-55(32)49(67)69-23-27-11-5-4-6-12-27/h4-7,10-13,25-26,30-33,36,41,56,59,61,63,68H,8-9,14-23H2,1-3H3,(H,51,64)(H,52,65)(H,53,66)/t25-,26?,30?,31-,32-,33-,36?,41?,50-/m0/s1. The molecule has 9 atom stereocenters. The average molecular weight is 984 g/mol. The van der Waals surface area contributed by atoms with Crippen LogP contribution in [0.15, 0.2) is 48.5 Å². The highest BCUT2D eigenvalue weighted by Crippen LogP contribution is 2.52. The molecule has 0 saturated carbocycles. The second-order valence-corrected chi connectivity index (χ2v) is 18.8. The van der Waals surface area contributed by atoms with Gasteiger partial charge in [0.25, 0.3) is 0 Å². The van der Waals surface area contributed by atoms with Crippen molar-refractivity contribution in [3.63, 3.8) is 0 Å². The number of benzene rings is 3. The molecule has 2 aliphatic carbocycles. The van der Waals surface area contributed by atoms with Gasteiger partial charge in [-0.2, -0.15) is 0 Å². The first-order chi connectivity index (χ1) is 33.8. The molecular weight excluding hydrogens is 927 g/mol. The van der Waals surface area contributed by atoms with Crippen LogP contribution in [0.25, 0.3) is 0 Å². The topological polar surface area (TPSA) is 308 Å². The lowest BCUT2D eigenvalue weighted by Gasteiger charge is -2.43. The quantitative estimate of drug-likeness (QED) is 0.0862. The van der Waals surface area contributed by atoms with Crippen LogP contribution < -0.4 is 16.0 Å². The molecule has 21 nitrogen and oxygen atoms in total. The third-order valence-corrected chi connectivity index (χ3v) is 14.2. The van der Waals surface area contributed by atoms with Crippen LogP contribution in [0.2, 0.25) is 0 Å². The third kappa shape index (κ3) is 9.83. The second kappa shape index (κ2) is 20.5. The van der Waals surface area contributed by atoms with Crippen LogP contribution in [-0.4, -0.2) is 157 Å². The average Bonchev–Trinajstić information content (AvgIpc) is 4.06. The predicted octanol–water partition coefficient (Wildman–Crippen LogP) is 0.872. The van der Waals surface area contributed by atoms with Crippen LogP contribution in [0, 0.1) is 6.92 Å². The van der Waals surface area contributed by atoms with E-state index in [2.05, 4.69) is 16.0 Å². The number of nitrogens with zero attached hydrogens (tertiary/aromatic N) is 2. The molecule has 0 radical (unpaired) electrons. The zero-order chi connectivity index (χ0) is 51.1. The minimum Gasteiger partial charge on any atom is -0.507 e. The third-order valence-electron chi connectivity index (χ3n) is 14.2. The lowest BCUT2D eigenvalue weighted by molar-refractivity contribution is -0.249. The maximum Gasteiger partial charge on any atom is 0.410 e. The van der Waals surface area contributed by atoms with E-state index in [1.807, 2.05) is 18.2 Å². The highest BCUT2D eigenvalue weighted by atomic mass is 16.7. The van der Waals surface area contributed by atoms with Crippen molar-refractivity contribution < 1.29 is 78.1 Å². The van der Waals surface area contributed by atoms with Crippen molar-refractivity contribution in [2.24, 2.45) is 0 Å². The number of aromatic hydroxyl groups is 2. The molecule has 5 aliphatic rings. The number of rotatable bonds is 13. The lowest BCUT2D eigenvalue weighted by atomic mass is 9.71. The number of fused-ring (bicyclic) bond motifs is 3. The van der Waals surface area contributed by atoms with Gasteiger partial charge in [-0.25, -0.2) is 4.79 Å². The van der Waals surface area contributed by atoms with E-state index in [0.29, 0.717) is 31.4 Å². The zero-order valence-corrected chi connectivity index (χ0v) is 39.3. The molecule has 378 valence electrons. The van der Waals surface area contributed by atoms with E-state index < -0.39 is 150 Å². The van der Waals surface area contributed by atoms with Crippen LogP contribution in [0.4, 0.5) is 4.79 Å². The molecule has 3 aromatic carbocycles. The molecule has 71 heavy (non-hydrogen) atoms. The van der Waals surface area contributed by atoms with E-state index in [9.17, 15) is 63.9 Å². The number of Topliss-reactive ketones (excluding diaryl/α,β-unsaturated/α-hetero) is 1. The number of nitrogens with one attached hydrogen (secondary N) is 3. The minimum atomic E-state index is -2.39. The van der Waals surface area contributed by atoms with Gasteiger partial charge in [0, 0.05) is 54.6 Å². The van der Waals surface area contributed by atoms with Crippen LogP contribution in [0.1, 0.15) is 113 Å². The summed E-state index contributed by atoms with van der Waals surface area (Å²) >= 11 is 0. The van der Waals surface area contributed by atoms with E-state index >= 15 is 0 Å². The molecule has 21 heteroatoms. The normalized spacial score (nSPS) is 26.1. The number of phenols is 2. The maximum atomic E-state index is 14.0. The number of aliphatic hydroxyl groups excluding tert-OH is 2. The monoisotopic (exact) mass is 983 g/mol. The summed E-state index contributed by atoms with van der Waals surface area (Å²) in [5.41, 5.74) is -2.67. The van der Waals surface area contributed by atoms with Gasteiger partial charge in [0.05, 0.1) is 35.9 Å². The van der Waals surface area contributed by atoms with Crippen LogP contribution in [-0.2, 0) is 51.2 Å². The van der Waals surface area contributed by atoms with Gasteiger partial charge in [-0.1, -0.05) is 48.5 Å². The molecular formula is C50H57N5O16. The second-order valence-electron chi connectivity index (χ2n) is 18.8. The molecule has 3 heterocycles. The van der Waals surface area contributed by atoms with E-state index in [-0.39, 0.29) is 48.2 Å². The Labute approximate surface area is 407 Å². The Kier molecular flexibility index (Phi) is 14.6. The van der Waals surface area contributed by atoms with Gasteiger partial charge in [0.15, 0.2) is 23.6 Å². The Morgan fingerprint density at radius 2 is 1.56 bits per heavy atom. The summed E-state index contributed by atoms with van der Waals surface area (Å²) in [5.74, 6) is -6.56. The summed E-state index contributed by atoms with van der Waals surface area (Å²) in [4.78, 5) is 110. The van der Waals surface area contributed by atoms with Crippen molar-refractivity contribution in [1.82, 2.24) is 25.8 Å². The van der Waals surface area contributed by atoms with Gasteiger partial charge >= 0.3 is 6.09 Å². The van der Waals surface area contributed by atoms with Gasteiger partial charge in [-0.15, -0.1) is 0 Å². The number of ether oxygens (including phenoxy) is 3. The van der Waals surface area contributed by atoms with Crippen LogP contribution in [0.5, 0.6) is 11.5 Å². The van der Waals surface area contributed by atoms with Gasteiger partial charge in [0.1, 0.15) is 54.5 Å². The minimum absolute atomic E-state index is 0.0164. The summed E-state index contributed by atoms with van der Waals surface area (Å²) in [6.07, 6.45) is -5.81. The molecule has 4 unspecified atom stereocenters. The molecule has 3 aromatic rings.